The molecule has 0 aromatic carbocycles. The fourth-order valence-corrected chi connectivity index (χ4v) is 2.06. The number of aliphatic hydroxyl groups excluding tert-OH is 1. The third kappa shape index (κ3) is 3.26. The molecule has 1 aliphatic carbocycles. The van der Waals surface area contributed by atoms with Crippen molar-refractivity contribution in [3.8, 4) is 0 Å². The highest BCUT2D eigenvalue weighted by molar-refractivity contribution is 6.25. The molecule has 0 saturated heterocycles. The zero-order chi connectivity index (χ0) is 10.4. The van der Waals surface area contributed by atoms with Crippen molar-refractivity contribution in [1.82, 2.24) is 5.32 Å². The van der Waals surface area contributed by atoms with E-state index >= 15 is 0 Å². The summed E-state index contributed by atoms with van der Waals surface area (Å²) in [6.45, 7) is 3.01. The Bertz CT molecular complexity index is 197. The van der Waals surface area contributed by atoms with Gasteiger partial charge in [0.25, 0.3) is 0 Å². The smallest absolute Gasteiger partial charge is 0.0613 e. The van der Waals surface area contributed by atoms with Crippen molar-refractivity contribution in [2.45, 2.75) is 44.6 Å². The molecule has 0 aromatic rings. The first-order valence-corrected chi connectivity index (χ1v) is 5.78. The van der Waals surface area contributed by atoms with Gasteiger partial charge in [-0.15, -0.1) is 0 Å². The van der Waals surface area contributed by atoms with Crippen LogP contribution in [0.5, 0.6) is 0 Å². The van der Waals surface area contributed by atoms with Crippen LogP contribution in [0.3, 0.4) is 0 Å². The monoisotopic (exact) mass is 217 g/mol. The maximum atomic E-state index is 9.41. The Kier molecular flexibility index (Phi) is 4.93. The highest BCUT2D eigenvalue weighted by Gasteiger charge is 2.30. The van der Waals surface area contributed by atoms with Crippen molar-refractivity contribution in [2.24, 2.45) is 0 Å². The molecule has 14 heavy (non-hydrogen) atoms. The molecule has 2 nitrogen and oxygen atoms in total. The molecule has 1 rings (SSSR count). The van der Waals surface area contributed by atoms with Crippen molar-refractivity contribution >= 4 is 11.6 Å². The van der Waals surface area contributed by atoms with E-state index in [9.17, 15) is 5.11 Å². The predicted octanol–water partition coefficient (Wildman–Crippen LogP) is 2.41. The van der Waals surface area contributed by atoms with Crippen LogP contribution >= 0.6 is 11.6 Å². The van der Waals surface area contributed by atoms with Gasteiger partial charge in [0, 0.05) is 17.6 Å². The van der Waals surface area contributed by atoms with E-state index in [0.29, 0.717) is 0 Å². The van der Waals surface area contributed by atoms with Gasteiger partial charge < -0.3 is 10.4 Å². The fourth-order valence-electron chi connectivity index (χ4n) is 1.98. The molecule has 0 atom stereocenters. The average molecular weight is 218 g/mol. The minimum absolute atomic E-state index is 0.0423. The van der Waals surface area contributed by atoms with E-state index in [0.717, 1.165) is 25.0 Å². The molecule has 2 N–H and O–H groups in total. The third-order valence-corrected chi connectivity index (χ3v) is 3.41. The maximum Gasteiger partial charge on any atom is 0.0613 e. The van der Waals surface area contributed by atoms with Gasteiger partial charge in [-0.1, -0.05) is 30.9 Å². The van der Waals surface area contributed by atoms with Crippen molar-refractivity contribution in [3.63, 3.8) is 0 Å². The number of hydrogen-bond donors (Lipinski definition) is 2. The van der Waals surface area contributed by atoms with E-state index < -0.39 is 0 Å². The molecule has 3 heteroatoms. The largest absolute Gasteiger partial charge is 0.394 e. The molecule has 0 spiro atoms. The van der Waals surface area contributed by atoms with Crippen LogP contribution in [-0.2, 0) is 0 Å². The van der Waals surface area contributed by atoms with Crippen LogP contribution < -0.4 is 5.32 Å². The van der Waals surface area contributed by atoms with Gasteiger partial charge in [-0.3, -0.25) is 0 Å². The van der Waals surface area contributed by atoms with E-state index in [1.165, 1.54) is 19.3 Å². The van der Waals surface area contributed by atoms with Crippen molar-refractivity contribution in [3.05, 3.63) is 11.1 Å². The van der Waals surface area contributed by atoms with Crippen LogP contribution in [0, 0.1) is 0 Å². The summed E-state index contributed by atoms with van der Waals surface area (Å²) < 4.78 is 0. The zero-order valence-electron chi connectivity index (χ0n) is 8.85. The first kappa shape index (κ1) is 12.0. The van der Waals surface area contributed by atoms with Crippen molar-refractivity contribution in [2.75, 3.05) is 13.2 Å². The first-order chi connectivity index (χ1) is 6.72. The molecule has 1 fully saturated rings. The second kappa shape index (κ2) is 5.74. The zero-order valence-corrected chi connectivity index (χ0v) is 9.61. The van der Waals surface area contributed by atoms with Gasteiger partial charge in [0.2, 0.25) is 0 Å². The number of halogens is 1. The van der Waals surface area contributed by atoms with Gasteiger partial charge >= 0.3 is 0 Å². The van der Waals surface area contributed by atoms with Gasteiger partial charge in [-0.2, -0.15) is 0 Å². The Labute approximate surface area is 91.3 Å². The van der Waals surface area contributed by atoms with Crippen LogP contribution in [0.1, 0.15) is 39.0 Å². The minimum Gasteiger partial charge on any atom is -0.394 e. The molecular weight excluding hydrogens is 198 g/mol. The summed E-state index contributed by atoms with van der Waals surface area (Å²) in [5.41, 5.74) is 2.67. The Balaban J connectivity index is 2.44. The minimum atomic E-state index is -0.0423. The molecule has 1 saturated carbocycles. The summed E-state index contributed by atoms with van der Waals surface area (Å²) in [6, 6.07) is 0. The molecule has 1 aliphatic rings. The molecule has 82 valence electrons. The number of nitrogens with one attached hydrogen (secondary N) is 1. The van der Waals surface area contributed by atoms with Crippen molar-refractivity contribution in [1.29, 1.82) is 0 Å². The molecule has 0 heterocycles. The van der Waals surface area contributed by atoms with Crippen LogP contribution in [0.4, 0.5) is 0 Å². The highest BCUT2D eigenvalue weighted by Crippen LogP contribution is 2.27. The Morgan fingerprint density at radius 2 is 2.07 bits per heavy atom. The molecule has 0 aromatic heterocycles. The molecule has 0 amide bonds. The van der Waals surface area contributed by atoms with Gasteiger partial charge in [0.15, 0.2) is 0 Å². The fraction of sp³-hybridized carbons (Fsp3) is 0.818. The van der Waals surface area contributed by atoms with Crippen LogP contribution in [0.25, 0.3) is 0 Å². The Morgan fingerprint density at radius 1 is 1.43 bits per heavy atom. The summed E-state index contributed by atoms with van der Waals surface area (Å²) in [4.78, 5) is 0. The maximum absolute atomic E-state index is 9.41. The normalized spacial score (nSPS) is 22.4. The SMILES string of the molecule is CC(=CCl)CNC1(CO)CCCCC1. The molecule has 0 unspecified atom stereocenters. The van der Waals surface area contributed by atoms with Gasteiger partial charge in [0.05, 0.1) is 6.61 Å². The first-order valence-electron chi connectivity index (χ1n) is 5.34. The standard InChI is InChI=1S/C11H20ClNO/c1-10(7-12)8-13-11(9-14)5-3-2-4-6-11/h7,13-14H,2-6,8-9H2,1H3. The van der Waals surface area contributed by atoms with Gasteiger partial charge in [-0.25, -0.2) is 0 Å². The summed E-state index contributed by atoms with van der Waals surface area (Å²) in [6.07, 6.45) is 5.90. The quantitative estimate of drug-likeness (QED) is 0.758. The Morgan fingerprint density at radius 3 is 2.57 bits per heavy atom. The highest BCUT2D eigenvalue weighted by atomic mass is 35.5. The van der Waals surface area contributed by atoms with E-state index in [1.54, 1.807) is 5.54 Å². The molecular formula is C11H20ClNO. The Hall–Kier alpha value is -0.0500. The second-order valence-electron chi connectivity index (χ2n) is 4.31. The molecule has 0 aliphatic heterocycles. The van der Waals surface area contributed by atoms with Crippen LogP contribution in [-0.4, -0.2) is 23.8 Å². The van der Waals surface area contributed by atoms with Crippen LogP contribution in [0.15, 0.2) is 11.1 Å². The van der Waals surface area contributed by atoms with Crippen molar-refractivity contribution < 1.29 is 5.11 Å². The molecule has 0 bridgehead atoms. The molecule has 0 radical (unpaired) electrons. The topological polar surface area (TPSA) is 32.3 Å². The third-order valence-electron chi connectivity index (χ3n) is 3.04. The lowest BCUT2D eigenvalue weighted by atomic mass is 9.82. The summed E-state index contributed by atoms with van der Waals surface area (Å²) in [5.74, 6) is 0. The van der Waals surface area contributed by atoms with Gasteiger partial charge in [0.1, 0.15) is 0 Å². The number of aliphatic hydroxyl groups is 1. The lowest BCUT2D eigenvalue weighted by Crippen LogP contribution is -2.50. The van der Waals surface area contributed by atoms with E-state index in [1.807, 2.05) is 6.92 Å². The lowest BCUT2D eigenvalue weighted by Gasteiger charge is -2.36. The van der Waals surface area contributed by atoms with Gasteiger partial charge in [-0.05, 0) is 25.3 Å². The summed E-state index contributed by atoms with van der Waals surface area (Å²) in [7, 11) is 0. The summed E-state index contributed by atoms with van der Waals surface area (Å²) >= 11 is 5.59. The number of rotatable bonds is 4. The number of hydrogen-bond acceptors (Lipinski definition) is 2. The van der Waals surface area contributed by atoms with Crippen LogP contribution in [0.2, 0.25) is 0 Å². The lowest BCUT2D eigenvalue weighted by molar-refractivity contribution is 0.124. The second-order valence-corrected chi connectivity index (χ2v) is 4.53. The van der Waals surface area contributed by atoms with E-state index in [-0.39, 0.29) is 12.1 Å². The van der Waals surface area contributed by atoms with E-state index in [2.05, 4.69) is 5.32 Å². The average Bonchev–Trinajstić information content (AvgIpc) is 2.27. The van der Waals surface area contributed by atoms with E-state index in [4.69, 9.17) is 11.6 Å². The summed E-state index contributed by atoms with van der Waals surface area (Å²) in [5, 5.41) is 12.8. The predicted molar refractivity (Wildman–Crippen MR) is 60.5 cm³/mol.